The summed E-state index contributed by atoms with van der Waals surface area (Å²) in [5.41, 5.74) is 1.02. The molecular formula is C10H14ClNO. The molecule has 2 nitrogen and oxygen atoms in total. The van der Waals surface area contributed by atoms with Gasteiger partial charge < -0.3 is 9.73 Å². The molecule has 0 aliphatic carbocycles. The first-order valence-corrected chi connectivity index (χ1v) is 4.68. The average molecular weight is 200 g/mol. The molecule has 1 unspecified atom stereocenters. The molecule has 0 fully saturated rings. The van der Waals surface area contributed by atoms with Crippen molar-refractivity contribution in [2.24, 2.45) is 0 Å². The second kappa shape index (κ2) is 5.10. The molecule has 0 amide bonds. The van der Waals surface area contributed by atoms with Crippen molar-refractivity contribution < 1.29 is 4.42 Å². The third kappa shape index (κ3) is 2.61. The van der Waals surface area contributed by atoms with E-state index in [0.29, 0.717) is 5.22 Å². The predicted molar refractivity (Wildman–Crippen MR) is 54.9 cm³/mol. The van der Waals surface area contributed by atoms with Crippen molar-refractivity contribution in [2.75, 3.05) is 7.05 Å². The van der Waals surface area contributed by atoms with E-state index in [1.807, 2.05) is 19.2 Å². The zero-order chi connectivity index (χ0) is 9.68. The Labute approximate surface area is 83.6 Å². The summed E-state index contributed by atoms with van der Waals surface area (Å²) < 4.78 is 5.03. The SMILES string of the molecule is C=CCCC(NC)c1ccoc1Cl. The number of rotatable bonds is 5. The summed E-state index contributed by atoms with van der Waals surface area (Å²) in [6.07, 6.45) is 5.46. The van der Waals surface area contributed by atoms with Crippen LogP contribution in [0.25, 0.3) is 0 Å². The van der Waals surface area contributed by atoms with Gasteiger partial charge in [0.05, 0.1) is 6.26 Å². The second-order valence-electron chi connectivity index (χ2n) is 2.86. The first-order valence-electron chi connectivity index (χ1n) is 4.30. The first-order chi connectivity index (χ1) is 6.29. The van der Waals surface area contributed by atoms with Gasteiger partial charge in [0.15, 0.2) is 5.22 Å². The van der Waals surface area contributed by atoms with Crippen LogP contribution in [0.4, 0.5) is 0 Å². The molecule has 72 valence electrons. The number of hydrogen-bond acceptors (Lipinski definition) is 2. The van der Waals surface area contributed by atoms with E-state index in [9.17, 15) is 0 Å². The molecule has 0 aliphatic heterocycles. The fraction of sp³-hybridized carbons (Fsp3) is 0.400. The minimum atomic E-state index is 0.254. The maximum absolute atomic E-state index is 5.86. The fourth-order valence-corrected chi connectivity index (χ4v) is 1.54. The highest BCUT2D eigenvalue weighted by atomic mass is 35.5. The molecule has 13 heavy (non-hydrogen) atoms. The number of hydrogen-bond donors (Lipinski definition) is 1. The van der Waals surface area contributed by atoms with E-state index < -0.39 is 0 Å². The summed E-state index contributed by atoms with van der Waals surface area (Å²) in [5, 5.41) is 3.66. The number of halogens is 1. The van der Waals surface area contributed by atoms with Crippen molar-refractivity contribution >= 4 is 11.6 Å². The van der Waals surface area contributed by atoms with Gasteiger partial charge in [-0.3, -0.25) is 0 Å². The second-order valence-corrected chi connectivity index (χ2v) is 3.20. The Balaban J connectivity index is 2.66. The Morgan fingerprint density at radius 1 is 1.77 bits per heavy atom. The Morgan fingerprint density at radius 3 is 3.00 bits per heavy atom. The van der Waals surface area contributed by atoms with Gasteiger partial charge in [0, 0.05) is 11.6 Å². The van der Waals surface area contributed by atoms with Gasteiger partial charge in [0.1, 0.15) is 0 Å². The van der Waals surface area contributed by atoms with Gasteiger partial charge in [-0.25, -0.2) is 0 Å². The number of nitrogens with one attached hydrogen (secondary N) is 1. The zero-order valence-corrected chi connectivity index (χ0v) is 8.47. The van der Waals surface area contributed by atoms with Gasteiger partial charge in [-0.05, 0) is 37.6 Å². The van der Waals surface area contributed by atoms with Gasteiger partial charge in [-0.15, -0.1) is 6.58 Å². The minimum absolute atomic E-state index is 0.254. The maximum Gasteiger partial charge on any atom is 0.197 e. The van der Waals surface area contributed by atoms with Crippen LogP contribution in [0.1, 0.15) is 24.4 Å². The van der Waals surface area contributed by atoms with Crippen LogP contribution in [-0.4, -0.2) is 7.05 Å². The van der Waals surface area contributed by atoms with Crippen LogP contribution >= 0.6 is 11.6 Å². The summed E-state index contributed by atoms with van der Waals surface area (Å²) in [5.74, 6) is 0. The van der Waals surface area contributed by atoms with Crippen LogP contribution in [0.3, 0.4) is 0 Å². The van der Waals surface area contributed by atoms with E-state index in [-0.39, 0.29) is 6.04 Å². The molecule has 1 aromatic rings. The highest BCUT2D eigenvalue weighted by molar-refractivity contribution is 6.29. The van der Waals surface area contributed by atoms with Crippen LogP contribution in [0.2, 0.25) is 5.22 Å². The molecule has 0 saturated heterocycles. The quantitative estimate of drug-likeness (QED) is 0.737. The van der Waals surface area contributed by atoms with E-state index in [4.69, 9.17) is 16.0 Å². The topological polar surface area (TPSA) is 25.2 Å². The lowest BCUT2D eigenvalue weighted by molar-refractivity contribution is 0.528. The van der Waals surface area contributed by atoms with Gasteiger partial charge in [0.25, 0.3) is 0 Å². The molecule has 0 aliphatic rings. The van der Waals surface area contributed by atoms with Crippen LogP contribution in [0.5, 0.6) is 0 Å². The van der Waals surface area contributed by atoms with E-state index in [0.717, 1.165) is 18.4 Å². The standard InChI is InChI=1S/C10H14ClNO/c1-3-4-5-9(12-2)8-6-7-13-10(8)11/h3,6-7,9,12H,1,4-5H2,2H3. The van der Waals surface area contributed by atoms with Gasteiger partial charge >= 0.3 is 0 Å². The Bertz CT molecular complexity index is 270. The van der Waals surface area contributed by atoms with Crippen molar-refractivity contribution in [1.82, 2.24) is 5.32 Å². The summed E-state index contributed by atoms with van der Waals surface area (Å²) in [6.45, 7) is 3.69. The zero-order valence-electron chi connectivity index (χ0n) is 7.72. The van der Waals surface area contributed by atoms with Gasteiger partial charge in [-0.1, -0.05) is 6.08 Å². The summed E-state index contributed by atoms with van der Waals surface area (Å²) in [7, 11) is 1.91. The minimum Gasteiger partial charge on any atom is -0.453 e. The molecular weight excluding hydrogens is 186 g/mol. The van der Waals surface area contributed by atoms with Gasteiger partial charge in [0.2, 0.25) is 0 Å². The van der Waals surface area contributed by atoms with Gasteiger partial charge in [-0.2, -0.15) is 0 Å². The van der Waals surface area contributed by atoms with Crippen LogP contribution < -0.4 is 5.32 Å². The monoisotopic (exact) mass is 199 g/mol. The van der Waals surface area contributed by atoms with Crippen molar-refractivity contribution in [3.63, 3.8) is 0 Å². The number of furan rings is 1. The molecule has 1 aromatic heterocycles. The lowest BCUT2D eigenvalue weighted by atomic mass is 10.1. The molecule has 1 atom stereocenters. The van der Waals surface area contributed by atoms with Crippen molar-refractivity contribution in [2.45, 2.75) is 18.9 Å². The van der Waals surface area contributed by atoms with Crippen molar-refractivity contribution in [1.29, 1.82) is 0 Å². The molecule has 1 rings (SSSR count). The maximum atomic E-state index is 5.86. The average Bonchev–Trinajstić information content (AvgIpc) is 2.54. The van der Waals surface area contributed by atoms with E-state index in [1.54, 1.807) is 6.26 Å². The molecule has 0 bridgehead atoms. The van der Waals surface area contributed by atoms with Crippen molar-refractivity contribution in [3.05, 3.63) is 35.8 Å². The van der Waals surface area contributed by atoms with Crippen LogP contribution in [0.15, 0.2) is 29.4 Å². The highest BCUT2D eigenvalue weighted by Gasteiger charge is 2.13. The normalized spacial score (nSPS) is 12.8. The van der Waals surface area contributed by atoms with Crippen LogP contribution in [0, 0.1) is 0 Å². The Hall–Kier alpha value is -0.730. The fourth-order valence-electron chi connectivity index (χ4n) is 1.29. The largest absolute Gasteiger partial charge is 0.453 e. The predicted octanol–water partition coefficient (Wildman–Crippen LogP) is 3.16. The third-order valence-electron chi connectivity index (χ3n) is 2.03. The summed E-state index contributed by atoms with van der Waals surface area (Å²) in [6, 6.07) is 2.15. The number of allylic oxidation sites excluding steroid dienone is 1. The lowest BCUT2D eigenvalue weighted by Gasteiger charge is -2.13. The highest BCUT2D eigenvalue weighted by Crippen LogP contribution is 2.26. The molecule has 0 saturated carbocycles. The Morgan fingerprint density at radius 2 is 2.54 bits per heavy atom. The molecule has 3 heteroatoms. The van der Waals surface area contributed by atoms with Crippen molar-refractivity contribution in [3.8, 4) is 0 Å². The molecule has 0 radical (unpaired) electrons. The third-order valence-corrected chi connectivity index (χ3v) is 2.34. The molecule has 0 spiro atoms. The first kappa shape index (κ1) is 10.4. The lowest BCUT2D eigenvalue weighted by Crippen LogP contribution is -2.15. The van der Waals surface area contributed by atoms with E-state index in [1.165, 1.54) is 0 Å². The molecule has 1 N–H and O–H groups in total. The smallest absolute Gasteiger partial charge is 0.197 e. The molecule has 0 aromatic carbocycles. The van der Waals surface area contributed by atoms with Crippen LogP contribution in [-0.2, 0) is 0 Å². The van der Waals surface area contributed by atoms with E-state index in [2.05, 4.69) is 11.9 Å². The Kier molecular flexibility index (Phi) is 4.06. The summed E-state index contributed by atoms with van der Waals surface area (Å²) in [4.78, 5) is 0. The summed E-state index contributed by atoms with van der Waals surface area (Å²) >= 11 is 5.86. The molecule has 1 heterocycles. The van der Waals surface area contributed by atoms with E-state index >= 15 is 0 Å².